The Morgan fingerprint density at radius 3 is 2.17 bits per heavy atom. The lowest BCUT2D eigenvalue weighted by Crippen LogP contribution is -2.46. The number of carboxylic acid groups (broad SMARTS) is 1. The number of hydrogen-bond acceptors (Lipinski definition) is 7. The maximum Gasteiger partial charge on any atom is 0.373 e. The molecule has 0 aliphatic rings. The zero-order chi connectivity index (χ0) is 30.6. The highest BCUT2D eigenvalue weighted by molar-refractivity contribution is 7.89. The second-order valence-corrected chi connectivity index (χ2v) is 11.7. The molecule has 0 aliphatic heterocycles. The van der Waals surface area contributed by atoms with Crippen LogP contribution in [0.15, 0.2) is 82.1 Å². The van der Waals surface area contributed by atoms with Crippen molar-refractivity contribution < 1.29 is 37.0 Å². The molecule has 1 heterocycles. The van der Waals surface area contributed by atoms with Crippen LogP contribution in [0.1, 0.15) is 38.4 Å². The predicted octanol–water partition coefficient (Wildman–Crippen LogP) is 5.55. The summed E-state index contributed by atoms with van der Waals surface area (Å²) in [5, 5.41) is 10.4. The van der Waals surface area contributed by atoms with Crippen molar-refractivity contribution in [3.05, 3.63) is 106 Å². The van der Waals surface area contributed by atoms with E-state index in [4.69, 9.17) is 9.15 Å². The fraction of sp³-hybridized carbons (Fsp3) is 0.250. The van der Waals surface area contributed by atoms with Crippen molar-refractivity contribution in [3.8, 4) is 17.1 Å². The quantitative estimate of drug-likeness (QED) is 0.225. The maximum atomic E-state index is 14.4. The van der Waals surface area contributed by atoms with Crippen LogP contribution in [0.4, 0.5) is 0 Å². The van der Waals surface area contributed by atoms with Gasteiger partial charge in [0.25, 0.3) is 0 Å². The van der Waals surface area contributed by atoms with E-state index in [-0.39, 0.29) is 23.6 Å². The highest BCUT2D eigenvalue weighted by Crippen LogP contribution is 2.34. The van der Waals surface area contributed by atoms with E-state index in [1.165, 1.54) is 20.3 Å². The lowest BCUT2D eigenvalue weighted by molar-refractivity contribution is -0.141. The van der Waals surface area contributed by atoms with Gasteiger partial charge in [0.1, 0.15) is 17.6 Å². The number of carboxylic acids is 1. The van der Waals surface area contributed by atoms with Gasteiger partial charge in [-0.2, -0.15) is 4.31 Å². The first kappa shape index (κ1) is 30.5. The zero-order valence-corrected chi connectivity index (χ0v) is 24.9. The number of aryl methyl sites for hydroxylation is 1. The van der Waals surface area contributed by atoms with Gasteiger partial charge in [0.15, 0.2) is 0 Å². The van der Waals surface area contributed by atoms with Gasteiger partial charge in [0, 0.05) is 12.1 Å². The Labute approximate surface area is 245 Å². The van der Waals surface area contributed by atoms with E-state index in [2.05, 4.69) is 4.74 Å². The van der Waals surface area contributed by atoms with E-state index in [1.54, 1.807) is 81.4 Å². The van der Waals surface area contributed by atoms with Crippen molar-refractivity contribution in [2.24, 2.45) is 0 Å². The summed E-state index contributed by atoms with van der Waals surface area (Å²) in [6.45, 7) is 4.95. The molecule has 0 saturated heterocycles. The Hall–Kier alpha value is -4.41. The molecular formula is C32H33NO8S. The molecule has 0 amide bonds. The molecule has 1 unspecified atom stereocenters. The minimum atomic E-state index is -4.32. The molecule has 9 nitrogen and oxygen atoms in total. The van der Waals surface area contributed by atoms with Gasteiger partial charge in [-0.3, -0.25) is 4.79 Å². The van der Waals surface area contributed by atoms with Gasteiger partial charge in [0.2, 0.25) is 15.8 Å². The lowest BCUT2D eigenvalue weighted by Gasteiger charge is -2.30. The van der Waals surface area contributed by atoms with Gasteiger partial charge >= 0.3 is 11.9 Å². The Kier molecular flexibility index (Phi) is 9.18. The van der Waals surface area contributed by atoms with Gasteiger partial charge < -0.3 is 19.0 Å². The van der Waals surface area contributed by atoms with Crippen LogP contribution in [0.25, 0.3) is 11.3 Å². The first-order valence-corrected chi connectivity index (χ1v) is 14.6. The average Bonchev–Trinajstić information content (AvgIpc) is 3.47. The molecule has 0 spiro atoms. The number of furan rings is 1. The molecule has 0 saturated carbocycles. The highest BCUT2D eigenvalue weighted by Gasteiger charge is 2.38. The molecule has 1 N–H and O–H groups in total. The summed E-state index contributed by atoms with van der Waals surface area (Å²) >= 11 is 0. The number of carbonyl (C=O) groups excluding carboxylic acids is 1. The zero-order valence-electron chi connectivity index (χ0n) is 24.1. The molecule has 0 aliphatic carbocycles. The maximum absolute atomic E-state index is 14.4. The minimum absolute atomic E-state index is 0.0244. The van der Waals surface area contributed by atoms with E-state index in [9.17, 15) is 23.1 Å². The van der Waals surface area contributed by atoms with E-state index in [0.29, 0.717) is 44.9 Å². The van der Waals surface area contributed by atoms with Crippen LogP contribution in [0, 0.1) is 20.8 Å². The average molecular weight is 592 g/mol. The van der Waals surface area contributed by atoms with E-state index in [1.807, 2.05) is 6.07 Å². The number of aliphatic carboxylic acids is 1. The summed E-state index contributed by atoms with van der Waals surface area (Å²) in [5.41, 5.74) is 3.53. The van der Waals surface area contributed by atoms with Crippen LogP contribution in [0.3, 0.4) is 0 Å². The van der Waals surface area contributed by atoms with Gasteiger partial charge in [0.05, 0.1) is 19.1 Å². The number of hydrogen-bond donors (Lipinski definition) is 1. The van der Waals surface area contributed by atoms with E-state index < -0.39 is 28.0 Å². The number of esters is 1. The second-order valence-electron chi connectivity index (χ2n) is 9.92. The SMILES string of the molecule is COC(=O)c1ccc(-c2ccc(CN(C(Cc3ccccc3)C(=O)O)S(=O)(=O)c3c(C)cc(OC)c(C)c3C)cc2)o1. The van der Waals surface area contributed by atoms with Crippen molar-refractivity contribution in [2.75, 3.05) is 14.2 Å². The summed E-state index contributed by atoms with van der Waals surface area (Å²) in [5.74, 6) is -0.821. The highest BCUT2D eigenvalue weighted by atomic mass is 32.2. The van der Waals surface area contributed by atoms with E-state index >= 15 is 0 Å². The van der Waals surface area contributed by atoms with Crippen molar-refractivity contribution in [1.82, 2.24) is 4.31 Å². The molecule has 42 heavy (non-hydrogen) atoms. The number of nitrogens with zero attached hydrogens (tertiary/aromatic N) is 1. The normalized spacial score (nSPS) is 12.2. The molecule has 10 heteroatoms. The molecule has 220 valence electrons. The summed E-state index contributed by atoms with van der Waals surface area (Å²) in [4.78, 5) is 24.5. The predicted molar refractivity (Wildman–Crippen MR) is 157 cm³/mol. The van der Waals surface area contributed by atoms with Crippen molar-refractivity contribution >= 4 is 22.0 Å². The van der Waals surface area contributed by atoms with Crippen LogP contribution in [-0.4, -0.2) is 50.0 Å². The number of ether oxygens (including phenoxy) is 2. The topological polar surface area (TPSA) is 123 Å². The largest absolute Gasteiger partial charge is 0.496 e. The molecule has 1 aromatic heterocycles. The summed E-state index contributed by atoms with van der Waals surface area (Å²) < 4.78 is 45.6. The monoisotopic (exact) mass is 591 g/mol. The number of methoxy groups -OCH3 is 2. The first-order chi connectivity index (χ1) is 20.0. The van der Waals surface area contributed by atoms with Crippen LogP contribution >= 0.6 is 0 Å². The van der Waals surface area contributed by atoms with Crippen molar-refractivity contribution in [1.29, 1.82) is 0 Å². The van der Waals surface area contributed by atoms with Gasteiger partial charge in [-0.25, -0.2) is 13.2 Å². The van der Waals surface area contributed by atoms with Crippen molar-refractivity contribution in [2.45, 2.75) is 44.7 Å². The molecule has 0 fully saturated rings. The Balaban J connectivity index is 1.78. The molecule has 0 bridgehead atoms. The van der Waals surface area contributed by atoms with Gasteiger partial charge in [-0.1, -0.05) is 54.6 Å². The summed E-state index contributed by atoms with van der Waals surface area (Å²) in [6.07, 6.45) is -0.0244. The first-order valence-electron chi connectivity index (χ1n) is 13.2. The van der Waals surface area contributed by atoms with E-state index in [0.717, 1.165) is 4.31 Å². The van der Waals surface area contributed by atoms with Crippen molar-refractivity contribution in [3.63, 3.8) is 0 Å². The molecule has 0 radical (unpaired) electrons. The van der Waals surface area contributed by atoms with Crippen LogP contribution in [0.2, 0.25) is 0 Å². The molecule has 4 aromatic rings. The lowest BCUT2D eigenvalue weighted by atomic mass is 10.1. The number of benzene rings is 3. The Morgan fingerprint density at radius 2 is 1.57 bits per heavy atom. The van der Waals surface area contributed by atoms with Crippen LogP contribution in [-0.2, 0) is 32.5 Å². The number of carbonyl (C=O) groups is 2. The van der Waals surface area contributed by atoms with Crippen LogP contribution < -0.4 is 4.74 Å². The van der Waals surface area contributed by atoms with Gasteiger partial charge in [-0.05, 0) is 73.2 Å². The molecular weight excluding hydrogens is 558 g/mol. The van der Waals surface area contributed by atoms with Gasteiger partial charge in [-0.15, -0.1) is 0 Å². The third-order valence-corrected chi connectivity index (χ3v) is 9.38. The summed E-state index contributed by atoms with van der Waals surface area (Å²) in [7, 11) is -1.54. The third kappa shape index (κ3) is 6.24. The second kappa shape index (κ2) is 12.6. The summed E-state index contributed by atoms with van der Waals surface area (Å²) in [6, 6.07) is 19.2. The fourth-order valence-electron chi connectivity index (χ4n) is 4.92. The fourth-order valence-corrected chi connectivity index (χ4v) is 6.98. The Morgan fingerprint density at radius 1 is 0.905 bits per heavy atom. The standard InChI is InChI=1S/C32H33NO8S/c1-20-17-29(39-4)21(2)22(3)30(20)42(37,38)33(26(31(34)35)18-23-9-7-6-8-10-23)19-24-11-13-25(14-12-24)27-15-16-28(41-27)32(36)40-5/h6-17,26H,18-19H2,1-5H3,(H,34,35). The minimum Gasteiger partial charge on any atom is -0.496 e. The Bertz CT molecular complexity index is 1690. The number of sulfonamides is 1. The molecule has 3 aromatic carbocycles. The number of rotatable bonds is 11. The van der Waals surface area contributed by atoms with Crippen LogP contribution in [0.5, 0.6) is 5.75 Å². The third-order valence-electron chi connectivity index (χ3n) is 7.24. The molecule has 4 rings (SSSR count). The molecule has 1 atom stereocenters. The smallest absolute Gasteiger partial charge is 0.373 e.